The molecule has 1 aliphatic rings. The van der Waals surface area contributed by atoms with Crippen LogP contribution in [0.3, 0.4) is 0 Å². The third-order valence-corrected chi connectivity index (χ3v) is 5.25. The standard InChI is InChI=1S/C15H15N3O4S/c19-18(20)14-7-3-4-8-15(14)23(21,22)17-13-9-10-16-12-6-2-1-5-11(12)13/h1-8,13,16-17H,9-10H2. The maximum atomic E-state index is 12.6. The number of nitro groups is 1. The summed E-state index contributed by atoms with van der Waals surface area (Å²) in [5.74, 6) is 0. The van der Waals surface area contributed by atoms with Crippen LogP contribution in [0.4, 0.5) is 11.4 Å². The first-order valence-corrected chi connectivity index (χ1v) is 8.56. The molecule has 8 heteroatoms. The van der Waals surface area contributed by atoms with Crippen molar-refractivity contribution in [1.82, 2.24) is 4.72 Å². The number of benzene rings is 2. The van der Waals surface area contributed by atoms with E-state index in [9.17, 15) is 18.5 Å². The van der Waals surface area contributed by atoms with Crippen LogP contribution in [-0.4, -0.2) is 19.9 Å². The number of hydrogen-bond donors (Lipinski definition) is 2. The Morgan fingerprint density at radius 1 is 1.13 bits per heavy atom. The third kappa shape index (κ3) is 3.03. The van der Waals surface area contributed by atoms with Crippen molar-refractivity contribution in [3.05, 3.63) is 64.2 Å². The van der Waals surface area contributed by atoms with Crippen LogP contribution >= 0.6 is 0 Å². The molecule has 0 aliphatic carbocycles. The number of nitro benzene ring substituents is 1. The van der Waals surface area contributed by atoms with Gasteiger partial charge in [0.15, 0.2) is 4.90 Å². The van der Waals surface area contributed by atoms with Gasteiger partial charge in [0.25, 0.3) is 5.69 Å². The van der Waals surface area contributed by atoms with Gasteiger partial charge in [-0.05, 0) is 24.1 Å². The average molecular weight is 333 g/mol. The minimum atomic E-state index is -4.00. The fourth-order valence-corrected chi connectivity index (χ4v) is 4.10. The molecule has 0 saturated heterocycles. The Bertz CT molecular complexity index is 851. The second-order valence-electron chi connectivity index (χ2n) is 5.20. The van der Waals surface area contributed by atoms with Gasteiger partial charge in [-0.25, -0.2) is 13.1 Å². The molecule has 0 aromatic heterocycles. The number of rotatable bonds is 4. The fourth-order valence-electron chi connectivity index (χ4n) is 2.68. The van der Waals surface area contributed by atoms with Crippen LogP contribution in [0, 0.1) is 10.1 Å². The van der Waals surface area contributed by atoms with E-state index in [1.54, 1.807) is 0 Å². The Kier molecular flexibility index (Phi) is 4.01. The van der Waals surface area contributed by atoms with Gasteiger partial charge in [-0.15, -0.1) is 0 Å². The zero-order chi connectivity index (χ0) is 16.4. The molecule has 120 valence electrons. The molecule has 3 rings (SSSR count). The van der Waals surface area contributed by atoms with Crippen molar-refractivity contribution in [3.63, 3.8) is 0 Å². The maximum Gasteiger partial charge on any atom is 0.289 e. The zero-order valence-corrected chi connectivity index (χ0v) is 12.9. The van der Waals surface area contributed by atoms with E-state index in [0.717, 1.165) is 11.3 Å². The lowest BCUT2D eigenvalue weighted by atomic mass is 9.99. The summed E-state index contributed by atoms with van der Waals surface area (Å²) in [7, 11) is -4.00. The van der Waals surface area contributed by atoms with Gasteiger partial charge in [-0.2, -0.15) is 0 Å². The van der Waals surface area contributed by atoms with Crippen LogP contribution in [0.15, 0.2) is 53.4 Å². The molecule has 0 fully saturated rings. The first-order valence-electron chi connectivity index (χ1n) is 7.07. The highest BCUT2D eigenvalue weighted by Crippen LogP contribution is 2.32. The quantitative estimate of drug-likeness (QED) is 0.661. The largest absolute Gasteiger partial charge is 0.385 e. The molecule has 7 nitrogen and oxygen atoms in total. The molecule has 1 heterocycles. The number of nitrogens with one attached hydrogen (secondary N) is 2. The van der Waals surface area contributed by atoms with E-state index < -0.39 is 26.7 Å². The minimum absolute atomic E-state index is 0.319. The summed E-state index contributed by atoms with van der Waals surface area (Å²) in [5, 5.41) is 14.3. The molecule has 0 radical (unpaired) electrons. The predicted molar refractivity (Wildman–Crippen MR) is 85.7 cm³/mol. The minimum Gasteiger partial charge on any atom is -0.385 e. The van der Waals surface area contributed by atoms with Crippen molar-refractivity contribution < 1.29 is 13.3 Å². The van der Waals surface area contributed by atoms with E-state index in [0.29, 0.717) is 13.0 Å². The van der Waals surface area contributed by atoms with Crippen LogP contribution < -0.4 is 10.0 Å². The number of anilines is 1. The van der Waals surface area contributed by atoms with E-state index in [4.69, 9.17) is 0 Å². The summed E-state index contributed by atoms with van der Waals surface area (Å²) in [6.45, 7) is 0.626. The molecule has 1 unspecified atom stereocenters. The Labute approximate surface area is 133 Å². The van der Waals surface area contributed by atoms with Crippen molar-refractivity contribution in [3.8, 4) is 0 Å². The molecular weight excluding hydrogens is 318 g/mol. The number of hydrogen-bond acceptors (Lipinski definition) is 5. The van der Waals surface area contributed by atoms with E-state index in [2.05, 4.69) is 10.0 Å². The molecule has 2 N–H and O–H groups in total. The van der Waals surface area contributed by atoms with Crippen LogP contribution in [0.25, 0.3) is 0 Å². The number of para-hydroxylation sites is 2. The number of sulfonamides is 1. The van der Waals surface area contributed by atoms with E-state index in [1.807, 2.05) is 24.3 Å². The highest BCUT2D eigenvalue weighted by molar-refractivity contribution is 7.89. The lowest BCUT2D eigenvalue weighted by molar-refractivity contribution is -0.387. The van der Waals surface area contributed by atoms with E-state index in [1.165, 1.54) is 24.3 Å². The summed E-state index contributed by atoms with van der Waals surface area (Å²) in [6.07, 6.45) is 0.566. The topological polar surface area (TPSA) is 101 Å². The highest BCUT2D eigenvalue weighted by Gasteiger charge is 2.30. The van der Waals surface area contributed by atoms with Crippen molar-refractivity contribution in [2.45, 2.75) is 17.4 Å². The monoisotopic (exact) mass is 333 g/mol. The van der Waals surface area contributed by atoms with Crippen molar-refractivity contribution in [2.75, 3.05) is 11.9 Å². The van der Waals surface area contributed by atoms with Crippen LogP contribution in [0.2, 0.25) is 0 Å². The van der Waals surface area contributed by atoms with Gasteiger partial charge in [0, 0.05) is 18.3 Å². The molecular formula is C15H15N3O4S. The molecule has 0 spiro atoms. The molecule has 1 aliphatic heterocycles. The molecule has 0 saturated carbocycles. The van der Waals surface area contributed by atoms with Gasteiger partial charge < -0.3 is 5.32 Å². The number of nitrogens with zero attached hydrogens (tertiary/aromatic N) is 1. The Hall–Kier alpha value is -2.45. The number of fused-ring (bicyclic) bond motifs is 1. The first kappa shape index (κ1) is 15.4. The second-order valence-corrected chi connectivity index (χ2v) is 6.88. The molecule has 0 amide bonds. The van der Waals surface area contributed by atoms with Crippen LogP contribution in [-0.2, 0) is 10.0 Å². The molecule has 2 aromatic rings. The van der Waals surface area contributed by atoms with Crippen molar-refractivity contribution in [2.24, 2.45) is 0 Å². The zero-order valence-electron chi connectivity index (χ0n) is 12.1. The van der Waals surface area contributed by atoms with Gasteiger partial charge in [0.2, 0.25) is 10.0 Å². The summed E-state index contributed by atoms with van der Waals surface area (Å²) in [6, 6.07) is 12.3. The second kappa shape index (κ2) is 5.98. The average Bonchev–Trinajstić information content (AvgIpc) is 2.55. The summed E-state index contributed by atoms with van der Waals surface area (Å²) in [5.41, 5.74) is 1.28. The summed E-state index contributed by atoms with van der Waals surface area (Å²) in [4.78, 5) is 10.1. The van der Waals surface area contributed by atoms with Crippen molar-refractivity contribution >= 4 is 21.4 Å². The van der Waals surface area contributed by atoms with Gasteiger partial charge >= 0.3 is 0 Å². The van der Waals surface area contributed by atoms with Gasteiger partial charge in [0.05, 0.1) is 11.0 Å². The molecule has 1 atom stereocenters. The third-order valence-electron chi connectivity index (χ3n) is 3.73. The normalized spacial score (nSPS) is 17.1. The Morgan fingerprint density at radius 3 is 2.61 bits per heavy atom. The maximum absolute atomic E-state index is 12.6. The highest BCUT2D eigenvalue weighted by atomic mass is 32.2. The lowest BCUT2D eigenvalue weighted by Crippen LogP contribution is -2.33. The van der Waals surface area contributed by atoms with Gasteiger partial charge in [-0.3, -0.25) is 10.1 Å². The summed E-state index contributed by atoms with van der Waals surface area (Å²) >= 11 is 0. The van der Waals surface area contributed by atoms with E-state index in [-0.39, 0.29) is 4.90 Å². The first-order chi connectivity index (χ1) is 11.0. The lowest BCUT2D eigenvalue weighted by Gasteiger charge is -2.27. The van der Waals surface area contributed by atoms with E-state index >= 15 is 0 Å². The van der Waals surface area contributed by atoms with Crippen LogP contribution in [0.5, 0.6) is 0 Å². The summed E-state index contributed by atoms with van der Waals surface area (Å²) < 4.78 is 27.8. The predicted octanol–water partition coefficient (Wildman–Crippen LogP) is 2.43. The van der Waals surface area contributed by atoms with Crippen molar-refractivity contribution in [1.29, 1.82) is 0 Å². The molecule has 23 heavy (non-hydrogen) atoms. The SMILES string of the molecule is O=[N+]([O-])c1ccccc1S(=O)(=O)NC1CCNc2ccccc21. The smallest absolute Gasteiger partial charge is 0.289 e. The molecule has 0 bridgehead atoms. The fraction of sp³-hybridized carbons (Fsp3) is 0.200. The van der Waals surface area contributed by atoms with Gasteiger partial charge in [0.1, 0.15) is 0 Å². The van der Waals surface area contributed by atoms with Crippen LogP contribution in [0.1, 0.15) is 18.0 Å². The Morgan fingerprint density at radius 2 is 1.83 bits per heavy atom. The molecule has 2 aromatic carbocycles. The van der Waals surface area contributed by atoms with Gasteiger partial charge in [-0.1, -0.05) is 30.3 Å². The Balaban J connectivity index is 1.96.